The van der Waals surface area contributed by atoms with Gasteiger partial charge in [-0.25, -0.2) is 0 Å². The maximum absolute atomic E-state index is 5.73. The molecular weight excluding hydrogens is 312 g/mol. The highest BCUT2D eigenvalue weighted by molar-refractivity contribution is 9.09. The molecule has 1 nitrogen and oxygen atoms in total. The minimum atomic E-state index is 0.855. The summed E-state index contributed by atoms with van der Waals surface area (Å²) in [6.07, 6.45) is 12.2. The largest absolute Gasteiger partial charge is 0.494 e. The summed E-state index contributed by atoms with van der Waals surface area (Å²) in [5, 5.41) is 1.16. The molecule has 0 heterocycles. The van der Waals surface area contributed by atoms with Gasteiger partial charge >= 0.3 is 0 Å². The van der Waals surface area contributed by atoms with E-state index in [9.17, 15) is 0 Å². The van der Waals surface area contributed by atoms with Crippen molar-refractivity contribution in [1.82, 2.24) is 0 Å². The van der Waals surface area contributed by atoms with Crippen LogP contribution >= 0.6 is 15.9 Å². The van der Waals surface area contributed by atoms with E-state index in [1.807, 2.05) is 0 Å². The molecule has 0 amide bonds. The molecule has 114 valence electrons. The molecule has 0 saturated heterocycles. The number of unbranched alkanes of at least 4 members (excludes halogenated alkanes) is 8. The van der Waals surface area contributed by atoms with Crippen LogP contribution in [0.4, 0.5) is 0 Å². The Kier molecular flexibility index (Phi) is 10.8. The van der Waals surface area contributed by atoms with Crippen molar-refractivity contribution < 1.29 is 4.74 Å². The minimum absolute atomic E-state index is 0.855. The van der Waals surface area contributed by atoms with Crippen molar-refractivity contribution in [2.45, 2.75) is 64.7 Å². The van der Waals surface area contributed by atoms with Crippen LogP contribution in [0.25, 0.3) is 0 Å². The number of aryl methyl sites for hydroxylation is 1. The Morgan fingerprint density at radius 3 is 1.80 bits per heavy atom. The second kappa shape index (κ2) is 12.3. The molecule has 20 heavy (non-hydrogen) atoms. The van der Waals surface area contributed by atoms with Gasteiger partial charge in [-0.1, -0.05) is 78.6 Å². The topological polar surface area (TPSA) is 9.23 Å². The lowest BCUT2D eigenvalue weighted by Gasteiger charge is -2.06. The summed E-state index contributed by atoms with van der Waals surface area (Å²) in [6, 6.07) is 8.32. The van der Waals surface area contributed by atoms with Crippen LogP contribution in [0, 0.1) is 6.92 Å². The van der Waals surface area contributed by atoms with Crippen LogP contribution < -0.4 is 4.74 Å². The fraction of sp³-hybridized carbons (Fsp3) is 0.667. The summed E-state index contributed by atoms with van der Waals surface area (Å²) in [6.45, 7) is 2.96. The third-order valence-electron chi connectivity index (χ3n) is 3.57. The molecule has 1 aromatic carbocycles. The highest BCUT2D eigenvalue weighted by Gasteiger charge is 1.95. The van der Waals surface area contributed by atoms with Gasteiger partial charge in [-0.3, -0.25) is 0 Å². The molecular formula is C18H29BrO. The Bertz CT molecular complexity index is 321. The van der Waals surface area contributed by atoms with E-state index in [1.54, 1.807) is 0 Å². The number of hydrogen-bond donors (Lipinski definition) is 0. The molecule has 0 aliphatic carbocycles. The lowest BCUT2D eigenvalue weighted by Crippen LogP contribution is -1.97. The predicted molar refractivity (Wildman–Crippen MR) is 92.0 cm³/mol. The summed E-state index contributed by atoms with van der Waals surface area (Å²) in [5.74, 6) is 1.00. The zero-order valence-electron chi connectivity index (χ0n) is 12.9. The first-order valence-electron chi connectivity index (χ1n) is 8.08. The molecule has 0 atom stereocenters. The standard InChI is InChI=1S/C18H29BrO/c1-17-11-13-18(14-12-17)20-16-10-8-6-4-2-3-5-7-9-15-19/h11-14H,2-10,15-16H2,1H3. The first kappa shape index (κ1) is 17.6. The lowest BCUT2D eigenvalue weighted by atomic mass is 10.1. The molecule has 0 aliphatic rings. The Hall–Kier alpha value is -0.500. The molecule has 0 unspecified atom stereocenters. The summed E-state index contributed by atoms with van der Waals surface area (Å²) >= 11 is 3.48. The Labute approximate surface area is 133 Å². The normalized spacial score (nSPS) is 10.7. The maximum atomic E-state index is 5.73. The van der Waals surface area contributed by atoms with Gasteiger partial charge in [-0.2, -0.15) is 0 Å². The van der Waals surface area contributed by atoms with Crippen molar-refractivity contribution >= 4 is 15.9 Å². The monoisotopic (exact) mass is 340 g/mol. The fourth-order valence-electron chi connectivity index (χ4n) is 2.26. The van der Waals surface area contributed by atoms with Crippen molar-refractivity contribution in [2.75, 3.05) is 11.9 Å². The SMILES string of the molecule is Cc1ccc(OCCCCCCCCCCCBr)cc1. The van der Waals surface area contributed by atoms with Gasteiger partial charge in [0, 0.05) is 5.33 Å². The van der Waals surface area contributed by atoms with E-state index >= 15 is 0 Å². The van der Waals surface area contributed by atoms with Gasteiger partial charge in [0.1, 0.15) is 5.75 Å². The van der Waals surface area contributed by atoms with Crippen molar-refractivity contribution in [1.29, 1.82) is 0 Å². The summed E-state index contributed by atoms with van der Waals surface area (Å²) in [4.78, 5) is 0. The van der Waals surface area contributed by atoms with E-state index in [1.165, 1.54) is 63.4 Å². The number of benzene rings is 1. The zero-order valence-corrected chi connectivity index (χ0v) is 14.5. The van der Waals surface area contributed by atoms with E-state index in [4.69, 9.17) is 4.74 Å². The van der Waals surface area contributed by atoms with Crippen LogP contribution in [-0.4, -0.2) is 11.9 Å². The van der Waals surface area contributed by atoms with Crippen LogP contribution in [-0.2, 0) is 0 Å². The molecule has 0 aliphatic heterocycles. The van der Waals surface area contributed by atoms with Crippen LogP contribution in [0.1, 0.15) is 63.4 Å². The first-order chi connectivity index (χ1) is 9.83. The van der Waals surface area contributed by atoms with E-state index in [-0.39, 0.29) is 0 Å². The number of ether oxygens (including phenoxy) is 1. The average Bonchev–Trinajstić information content (AvgIpc) is 2.47. The van der Waals surface area contributed by atoms with Crippen LogP contribution in [0.5, 0.6) is 5.75 Å². The van der Waals surface area contributed by atoms with Crippen LogP contribution in [0.3, 0.4) is 0 Å². The molecule has 0 bridgehead atoms. The highest BCUT2D eigenvalue weighted by atomic mass is 79.9. The average molecular weight is 341 g/mol. The van der Waals surface area contributed by atoms with Gasteiger partial charge in [0.15, 0.2) is 0 Å². The smallest absolute Gasteiger partial charge is 0.119 e. The minimum Gasteiger partial charge on any atom is -0.494 e. The lowest BCUT2D eigenvalue weighted by molar-refractivity contribution is 0.304. The Morgan fingerprint density at radius 1 is 0.750 bits per heavy atom. The number of alkyl halides is 1. The van der Waals surface area contributed by atoms with Gasteiger partial charge in [-0.15, -0.1) is 0 Å². The van der Waals surface area contributed by atoms with Crippen molar-refractivity contribution in [2.24, 2.45) is 0 Å². The molecule has 0 saturated carbocycles. The van der Waals surface area contributed by atoms with Gasteiger partial charge in [0.2, 0.25) is 0 Å². The number of hydrogen-bond acceptors (Lipinski definition) is 1. The Morgan fingerprint density at radius 2 is 1.25 bits per heavy atom. The van der Waals surface area contributed by atoms with E-state index < -0.39 is 0 Å². The fourth-order valence-corrected chi connectivity index (χ4v) is 2.66. The Balaban J connectivity index is 1.84. The number of rotatable bonds is 12. The van der Waals surface area contributed by atoms with E-state index in [2.05, 4.69) is 47.1 Å². The molecule has 0 N–H and O–H groups in total. The molecule has 2 heteroatoms. The summed E-state index contributed by atoms with van der Waals surface area (Å²) in [5.41, 5.74) is 1.29. The number of halogens is 1. The highest BCUT2D eigenvalue weighted by Crippen LogP contribution is 2.13. The van der Waals surface area contributed by atoms with Crippen LogP contribution in [0.2, 0.25) is 0 Å². The van der Waals surface area contributed by atoms with Gasteiger partial charge in [0.05, 0.1) is 6.61 Å². The second-order valence-electron chi connectivity index (χ2n) is 5.53. The summed E-state index contributed by atoms with van der Waals surface area (Å²) in [7, 11) is 0. The molecule has 0 aromatic heterocycles. The third kappa shape index (κ3) is 9.41. The predicted octanol–water partition coefficient (Wildman–Crippen LogP) is 6.28. The quantitative estimate of drug-likeness (QED) is 0.321. The zero-order chi connectivity index (χ0) is 14.5. The van der Waals surface area contributed by atoms with Gasteiger partial charge in [0.25, 0.3) is 0 Å². The van der Waals surface area contributed by atoms with Gasteiger partial charge < -0.3 is 4.74 Å². The maximum Gasteiger partial charge on any atom is 0.119 e. The second-order valence-corrected chi connectivity index (χ2v) is 6.33. The molecule has 0 radical (unpaired) electrons. The van der Waals surface area contributed by atoms with E-state index in [0.717, 1.165) is 17.7 Å². The van der Waals surface area contributed by atoms with Crippen molar-refractivity contribution in [3.63, 3.8) is 0 Å². The third-order valence-corrected chi connectivity index (χ3v) is 4.13. The molecule has 0 spiro atoms. The first-order valence-corrected chi connectivity index (χ1v) is 9.20. The van der Waals surface area contributed by atoms with Crippen molar-refractivity contribution in [3.05, 3.63) is 29.8 Å². The van der Waals surface area contributed by atoms with Crippen LogP contribution in [0.15, 0.2) is 24.3 Å². The van der Waals surface area contributed by atoms with Gasteiger partial charge in [-0.05, 0) is 31.9 Å². The van der Waals surface area contributed by atoms with E-state index in [0.29, 0.717) is 0 Å². The molecule has 0 fully saturated rings. The molecule has 1 aromatic rings. The molecule has 1 rings (SSSR count). The van der Waals surface area contributed by atoms with Crippen molar-refractivity contribution in [3.8, 4) is 5.75 Å². The summed E-state index contributed by atoms with van der Waals surface area (Å²) < 4.78 is 5.73.